The van der Waals surface area contributed by atoms with Crippen molar-refractivity contribution in [3.8, 4) is 0 Å². The maximum atomic E-state index is 5.78. The third kappa shape index (κ3) is 5.97. The largest absolute Gasteiger partial charge is 0.354 e. The molecule has 0 heterocycles. The van der Waals surface area contributed by atoms with E-state index in [1.54, 1.807) is 14.2 Å². The predicted molar refractivity (Wildman–Crippen MR) is 90.6 cm³/mol. The van der Waals surface area contributed by atoms with Gasteiger partial charge in [-0.2, -0.15) is 0 Å². The van der Waals surface area contributed by atoms with Gasteiger partial charge in [0, 0.05) is 18.7 Å². The molecular weight excluding hydrogens is 348 g/mol. The standard InChI is InChI=1S/C17H27BrO4/c1-12-8-14(11-22-17(4,5)20-7)15(18)9-13(12)10-21-16(2,3)19-6/h8-9H,10-11H2,1-7H3. The third-order valence-corrected chi connectivity index (χ3v) is 4.38. The topological polar surface area (TPSA) is 36.9 Å². The van der Waals surface area contributed by atoms with E-state index in [0.717, 1.165) is 21.2 Å². The van der Waals surface area contributed by atoms with Crippen molar-refractivity contribution in [3.63, 3.8) is 0 Å². The van der Waals surface area contributed by atoms with E-state index >= 15 is 0 Å². The zero-order chi connectivity index (χ0) is 17.0. The molecule has 1 rings (SSSR count). The molecule has 0 saturated carbocycles. The Kier molecular flexibility index (Phi) is 7.02. The molecule has 1 aromatic carbocycles. The first-order chi connectivity index (χ1) is 10.1. The van der Waals surface area contributed by atoms with Gasteiger partial charge < -0.3 is 18.9 Å². The minimum absolute atomic E-state index is 0.479. The van der Waals surface area contributed by atoms with Gasteiger partial charge in [0.05, 0.1) is 13.2 Å². The number of halogens is 1. The highest BCUT2D eigenvalue weighted by atomic mass is 79.9. The van der Waals surface area contributed by atoms with Crippen LogP contribution in [0.4, 0.5) is 0 Å². The summed E-state index contributed by atoms with van der Waals surface area (Å²) in [5.74, 6) is -1.19. The number of hydrogen-bond donors (Lipinski definition) is 0. The van der Waals surface area contributed by atoms with Crippen LogP contribution in [-0.2, 0) is 32.2 Å². The smallest absolute Gasteiger partial charge is 0.162 e. The van der Waals surface area contributed by atoms with Crippen molar-refractivity contribution in [1.29, 1.82) is 0 Å². The maximum absolute atomic E-state index is 5.78. The van der Waals surface area contributed by atoms with E-state index in [9.17, 15) is 0 Å². The Morgan fingerprint density at radius 2 is 1.32 bits per heavy atom. The van der Waals surface area contributed by atoms with E-state index in [0.29, 0.717) is 13.2 Å². The van der Waals surface area contributed by atoms with Crippen LogP contribution < -0.4 is 0 Å². The molecule has 0 amide bonds. The molecule has 0 spiro atoms. The van der Waals surface area contributed by atoms with Gasteiger partial charge in [-0.15, -0.1) is 0 Å². The Morgan fingerprint density at radius 3 is 1.77 bits per heavy atom. The number of aryl methyl sites for hydroxylation is 1. The average molecular weight is 375 g/mol. The second kappa shape index (κ2) is 7.88. The van der Waals surface area contributed by atoms with Crippen molar-refractivity contribution in [3.05, 3.63) is 33.3 Å². The van der Waals surface area contributed by atoms with Crippen LogP contribution >= 0.6 is 15.9 Å². The van der Waals surface area contributed by atoms with Crippen LogP contribution in [0.2, 0.25) is 0 Å². The molecule has 0 atom stereocenters. The molecule has 0 aliphatic rings. The van der Waals surface area contributed by atoms with Crippen molar-refractivity contribution >= 4 is 15.9 Å². The second-order valence-electron chi connectivity index (χ2n) is 6.16. The molecule has 0 aromatic heterocycles. The van der Waals surface area contributed by atoms with Crippen molar-refractivity contribution < 1.29 is 18.9 Å². The first-order valence-corrected chi connectivity index (χ1v) is 8.05. The molecule has 0 aliphatic heterocycles. The summed E-state index contributed by atoms with van der Waals surface area (Å²) in [4.78, 5) is 0. The zero-order valence-electron chi connectivity index (χ0n) is 14.6. The van der Waals surface area contributed by atoms with Gasteiger partial charge in [-0.25, -0.2) is 0 Å². The van der Waals surface area contributed by atoms with E-state index in [1.165, 1.54) is 0 Å². The Labute approximate surface area is 142 Å². The van der Waals surface area contributed by atoms with Gasteiger partial charge in [-0.1, -0.05) is 22.0 Å². The van der Waals surface area contributed by atoms with E-state index in [2.05, 4.69) is 35.0 Å². The number of rotatable bonds is 8. The zero-order valence-corrected chi connectivity index (χ0v) is 16.2. The van der Waals surface area contributed by atoms with Crippen molar-refractivity contribution in [2.75, 3.05) is 14.2 Å². The fourth-order valence-electron chi connectivity index (χ4n) is 1.67. The quantitative estimate of drug-likeness (QED) is 0.625. The lowest BCUT2D eigenvalue weighted by Gasteiger charge is -2.25. The molecule has 0 aliphatic carbocycles. The van der Waals surface area contributed by atoms with Crippen LogP contribution in [0.25, 0.3) is 0 Å². The summed E-state index contributed by atoms with van der Waals surface area (Å²) in [6.07, 6.45) is 0. The summed E-state index contributed by atoms with van der Waals surface area (Å²) < 4.78 is 23.1. The highest BCUT2D eigenvalue weighted by Crippen LogP contribution is 2.26. The summed E-state index contributed by atoms with van der Waals surface area (Å²) in [5, 5.41) is 0. The second-order valence-corrected chi connectivity index (χ2v) is 7.01. The van der Waals surface area contributed by atoms with Crippen LogP contribution in [0.1, 0.15) is 44.4 Å². The van der Waals surface area contributed by atoms with Crippen LogP contribution in [0.15, 0.2) is 16.6 Å². The van der Waals surface area contributed by atoms with Gasteiger partial charge >= 0.3 is 0 Å². The summed E-state index contributed by atoms with van der Waals surface area (Å²) >= 11 is 3.60. The van der Waals surface area contributed by atoms with Crippen LogP contribution in [0.3, 0.4) is 0 Å². The summed E-state index contributed by atoms with van der Waals surface area (Å²) in [5.41, 5.74) is 3.35. The van der Waals surface area contributed by atoms with Gasteiger partial charge in [-0.05, 0) is 57.4 Å². The number of benzene rings is 1. The van der Waals surface area contributed by atoms with E-state index in [-0.39, 0.29) is 0 Å². The van der Waals surface area contributed by atoms with Gasteiger partial charge in [-0.3, -0.25) is 0 Å². The van der Waals surface area contributed by atoms with Crippen LogP contribution in [-0.4, -0.2) is 25.8 Å². The monoisotopic (exact) mass is 374 g/mol. The van der Waals surface area contributed by atoms with Crippen LogP contribution in [0, 0.1) is 6.92 Å². The molecule has 0 radical (unpaired) electrons. The van der Waals surface area contributed by atoms with Gasteiger partial charge in [0.15, 0.2) is 11.6 Å². The molecule has 0 fully saturated rings. The molecule has 1 aromatic rings. The first-order valence-electron chi connectivity index (χ1n) is 7.26. The molecule has 0 saturated heterocycles. The van der Waals surface area contributed by atoms with Crippen molar-refractivity contribution in [2.24, 2.45) is 0 Å². The van der Waals surface area contributed by atoms with Gasteiger partial charge in [0.2, 0.25) is 0 Å². The average Bonchev–Trinajstić information content (AvgIpc) is 2.46. The predicted octanol–water partition coefficient (Wildman–Crippen LogP) is 4.56. The third-order valence-electron chi connectivity index (χ3n) is 3.64. The molecule has 4 nitrogen and oxygen atoms in total. The Morgan fingerprint density at radius 1 is 0.864 bits per heavy atom. The van der Waals surface area contributed by atoms with Crippen molar-refractivity contribution in [1.82, 2.24) is 0 Å². The highest BCUT2D eigenvalue weighted by Gasteiger charge is 2.19. The molecule has 22 heavy (non-hydrogen) atoms. The Balaban J connectivity index is 2.79. The highest BCUT2D eigenvalue weighted by molar-refractivity contribution is 9.10. The SMILES string of the molecule is COC(C)(C)OCc1cc(Br)c(COC(C)(C)OC)cc1C. The lowest BCUT2D eigenvalue weighted by Crippen LogP contribution is -2.27. The molecule has 0 unspecified atom stereocenters. The fourth-order valence-corrected chi connectivity index (χ4v) is 2.17. The minimum Gasteiger partial charge on any atom is -0.354 e. The normalized spacial score (nSPS) is 12.7. The molecule has 0 N–H and O–H groups in total. The van der Waals surface area contributed by atoms with E-state index in [1.807, 2.05) is 27.7 Å². The number of hydrogen-bond acceptors (Lipinski definition) is 4. The fraction of sp³-hybridized carbons (Fsp3) is 0.647. The Hall–Kier alpha value is -0.460. The summed E-state index contributed by atoms with van der Waals surface area (Å²) in [6, 6.07) is 4.17. The molecule has 0 bridgehead atoms. The lowest BCUT2D eigenvalue weighted by molar-refractivity contribution is -0.205. The Bertz CT molecular complexity index is 452. The van der Waals surface area contributed by atoms with E-state index < -0.39 is 11.6 Å². The molecular formula is C17H27BrO4. The first kappa shape index (κ1) is 19.6. The lowest BCUT2D eigenvalue weighted by atomic mass is 10.1. The number of methoxy groups -OCH3 is 2. The summed E-state index contributed by atoms with van der Waals surface area (Å²) in [6.45, 7) is 10.6. The molecule has 126 valence electrons. The number of ether oxygens (including phenoxy) is 4. The molecule has 5 heteroatoms. The van der Waals surface area contributed by atoms with Crippen LogP contribution in [0.5, 0.6) is 0 Å². The minimum atomic E-state index is -0.600. The van der Waals surface area contributed by atoms with E-state index in [4.69, 9.17) is 18.9 Å². The maximum Gasteiger partial charge on any atom is 0.162 e. The van der Waals surface area contributed by atoms with Crippen molar-refractivity contribution in [2.45, 2.75) is 59.4 Å². The summed E-state index contributed by atoms with van der Waals surface area (Å²) in [7, 11) is 3.28. The van der Waals surface area contributed by atoms with Gasteiger partial charge in [0.25, 0.3) is 0 Å². The van der Waals surface area contributed by atoms with Gasteiger partial charge in [0.1, 0.15) is 0 Å².